The minimum Gasteiger partial charge on any atom is -0.493 e. The lowest BCUT2D eigenvalue weighted by atomic mass is 10.1. The van der Waals surface area contributed by atoms with Gasteiger partial charge in [-0.2, -0.15) is 0 Å². The molecule has 0 radical (unpaired) electrons. The summed E-state index contributed by atoms with van der Waals surface area (Å²) in [6.45, 7) is -0.000720. The van der Waals surface area contributed by atoms with Crippen LogP contribution in [0.25, 0.3) is 16.8 Å². The molecule has 1 heterocycles. The SMILES string of the molecule is COc1cccc(/C=C2\N=C(c3ccc4ccccc4c3)OC2=O)c1OCc1ccccc1F. The van der Waals surface area contributed by atoms with Crippen molar-refractivity contribution in [3.8, 4) is 11.5 Å². The Balaban J connectivity index is 1.48. The molecule has 0 amide bonds. The highest BCUT2D eigenvalue weighted by atomic mass is 19.1. The van der Waals surface area contributed by atoms with Gasteiger partial charge in [0, 0.05) is 16.7 Å². The van der Waals surface area contributed by atoms with Gasteiger partial charge in [0.05, 0.1) is 7.11 Å². The summed E-state index contributed by atoms with van der Waals surface area (Å²) in [7, 11) is 1.52. The summed E-state index contributed by atoms with van der Waals surface area (Å²) in [5, 5.41) is 2.10. The third-order valence-electron chi connectivity index (χ3n) is 5.47. The molecule has 0 aromatic heterocycles. The van der Waals surface area contributed by atoms with E-state index in [2.05, 4.69) is 4.99 Å². The van der Waals surface area contributed by atoms with E-state index in [-0.39, 0.29) is 24.0 Å². The van der Waals surface area contributed by atoms with E-state index in [9.17, 15) is 9.18 Å². The lowest BCUT2D eigenvalue weighted by Crippen LogP contribution is -2.05. The fourth-order valence-corrected chi connectivity index (χ4v) is 3.73. The lowest BCUT2D eigenvalue weighted by molar-refractivity contribution is -0.129. The Morgan fingerprint density at radius 1 is 0.941 bits per heavy atom. The van der Waals surface area contributed by atoms with Crippen molar-refractivity contribution in [1.29, 1.82) is 0 Å². The molecule has 0 aliphatic carbocycles. The van der Waals surface area contributed by atoms with Crippen LogP contribution in [0.2, 0.25) is 0 Å². The number of para-hydroxylation sites is 1. The van der Waals surface area contributed by atoms with Crippen molar-refractivity contribution in [1.82, 2.24) is 0 Å². The summed E-state index contributed by atoms with van der Waals surface area (Å²) < 4.78 is 30.8. The van der Waals surface area contributed by atoms with Crippen LogP contribution < -0.4 is 9.47 Å². The highest BCUT2D eigenvalue weighted by Gasteiger charge is 2.25. The van der Waals surface area contributed by atoms with Gasteiger partial charge in [-0.1, -0.05) is 60.7 Å². The first-order valence-corrected chi connectivity index (χ1v) is 10.7. The predicted molar refractivity (Wildman–Crippen MR) is 128 cm³/mol. The third kappa shape index (κ3) is 4.26. The van der Waals surface area contributed by atoms with Crippen LogP contribution in [-0.2, 0) is 16.1 Å². The highest BCUT2D eigenvalue weighted by Crippen LogP contribution is 2.34. The Hall–Kier alpha value is -4.45. The van der Waals surface area contributed by atoms with Gasteiger partial charge in [-0.25, -0.2) is 14.2 Å². The Labute approximate surface area is 195 Å². The third-order valence-corrected chi connectivity index (χ3v) is 5.47. The van der Waals surface area contributed by atoms with Crippen molar-refractivity contribution in [2.24, 2.45) is 4.99 Å². The molecule has 5 rings (SSSR count). The number of carbonyl (C=O) groups is 1. The van der Waals surface area contributed by atoms with Crippen molar-refractivity contribution in [3.63, 3.8) is 0 Å². The Morgan fingerprint density at radius 2 is 1.74 bits per heavy atom. The van der Waals surface area contributed by atoms with Crippen molar-refractivity contribution < 1.29 is 23.4 Å². The van der Waals surface area contributed by atoms with E-state index in [4.69, 9.17) is 14.2 Å². The fourth-order valence-electron chi connectivity index (χ4n) is 3.73. The maximum atomic E-state index is 14.1. The van der Waals surface area contributed by atoms with E-state index in [1.807, 2.05) is 42.5 Å². The summed E-state index contributed by atoms with van der Waals surface area (Å²) in [5.74, 6) is 0.143. The van der Waals surface area contributed by atoms with Crippen LogP contribution in [0, 0.1) is 5.82 Å². The minimum atomic E-state index is -0.564. The van der Waals surface area contributed by atoms with Crippen LogP contribution in [0.3, 0.4) is 0 Å². The summed E-state index contributed by atoms with van der Waals surface area (Å²) in [6, 6.07) is 25.3. The number of cyclic esters (lactones) is 1. The number of methoxy groups -OCH3 is 1. The molecule has 5 nitrogen and oxygen atoms in total. The van der Waals surface area contributed by atoms with Crippen LogP contribution in [0.4, 0.5) is 4.39 Å². The molecule has 6 heteroatoms. The molecule has 0 spiro atoms. The van der Waals surface area contributed by atoms with Gasteiger partial charge >= 0.3 is 5.97 Å². The molecule has 168 valence electrons. The first kappa shape index (κ1) is 21.4. The van der Waals surface area contributed by atoms with Gasteiger partial charge in [0.1, 0.15) is 12.4 Å². The topological polar surface area (TPSA) is 57.1 Å². The summed E-state index contributed by atoms with van der Waals surface area (Å²) in [5.41, 5.74) is 1.80. The zero-order chi connectivity index (χ0) is 23.5. The average molecular weight is 453 g/mol. The number of hydrogen-bond donors (Lipinski definition) is 0. The van der Waals surface area contributed by atoms with Gasteiger partial charge in [-0.3, -0.25) is 0 Å². The first-order valence-electron chi connectivity index (χ1n) is 10.7. The van der Waals surface area contributed by atoms with E-state index in [0.29, 0.717) is 28.2 Å². The molecular weight excluding hydrogens is 433 g/mol. The number of ether oxygens (including phenoxy) is 3. The Bertz CT molecular complexity index is 1460. The van der Waals surface area contributed by atoms with Gasteiger partial charge in [0.15, 0.2) is 17.2 Å². The summed E-state index contributed by atoms with van der Waals surface area (Å²) in [6.07, 6.45) is 1.58. The van der Waals surface area contributed by atoms with Crippen molar-refractivity contribution in [2.45, 2.75) is 6.61 Å². The number of aliphatic imine (C=N–C) groups is 1. The smallest absolute Gasteiger partial charge is 0.363 e. The number of nitrogens with zero attached hydrogens (tertiary/aromatic N) is 1. The largest absolute Gasteiger partial charge is 0.493 e. The molecule has 1 aliphatic rings. The zero-order valence-corrected chi connectivity index (χ0v) is 18.3. The Morgan fingerprint density at radius 3 is 2.56 bits per heavy atom. The number of carbonyl (C=O) groups excluding carboxylic acids is 1. The summed E-state index contributed by atoms with van der Waals surface area (Å²) in [4.78, 5) is 17.0. The van der Waals surface area contributed by atoms with Gasteiger partial charge in [-0.15, -0.1) is 0 Å². The maximum absolute atomic E-state index is 14.1. The molecule has 0 N–H and O–H groups in total. The molecule has 4 aromatic rings. The van der Waals surface area contributed by atoms with Crippen LogP contribution in [0.15, 0.2) is 95.6 Å². The van der Waals surface area contributed by atoms with Crippen molar-refractivity contribution >= 4 is 28.7 Å². The van der Waals surface area contributed by atoms with E-state index in [1.165, 1.54) is 13.2 Å². The molecule has 0 bridgehead atoms. The zero-order valence-electron chi connectivity index (χ0n) is 18.3. The lowest BCUT2D eigenvalue weighted by Gasteiger charge is -2.14. The monoisotopic (exact) mass is 453 g/mol. The molecular formula is C28H20FNO4. The molecule has 34 heavy (non-hydrogen) atoms. The molecule has 0 fully saturated rings. The van der Waals surface area contributed by atoms with Crippen LogP contribution in [0.1, 0.15) is 16.7 Å². The fraction of sp³-hybridized carbons (Fsp3) is 0.0714. The Kier molecular flexibility index (Phi) is 5.79. The number of hydrogen-bond acceptors (Lipinski definition) is 5. The van der Waals surface area contributed by atoms with E-state index in [1.54, 1.807) is 42.5 Å². The minimum absolute atomic E-state index is 0.000720. The second-order valence-corrected chi connectivity index (χ2v) is 7.66. The second kappa shape index (κ2) is 9.19. The quantitative estimate of drug-likeness (QED) is 0.269. The average Bonchev–Trinajstić information content (AvgIpc) is 3.23. The maximum Gasteiger partial charge on any atom is 0.363 e. The number of rotatable bonds is 6. The first-order chi connectivity index (χ1) is 16.6. The van der Waals surface area contributed by atoms with E-state index >= 15 is 0 Å². The molecule has 0 saturated carbocycles. The van der Waals surface area contributed by atoms with Crippen molar-refractivity contribution in [3.05, 3.63) is 113 Å². The van der Waals surface area contributed by atoms with Gasteiger partial charge in [0.25, 0.3) is 0 Å². The number of fused-ring (bicyclic) bond motifs is 1. The second-order valence-electron chi connectivity index (χ2n) is 7.66. The van der Waals surface area contributed by atoms with E-state index < -0.39 is 5.97 Å². The highest BCUT2D eigenvalue weighted by molar-refractivity contribution is 6.13. The van der Waals surface area contributed by atoms with Gasteiger partial charge in [-0.05, 0) is 41.1 Å². The molecule has 0 unspecified atom stereocenters. The molecule has 1 aliphatic heterocycles. The predicted octanol–water partition coefficient (Wildman–Crippen LogP) is 5.91. The normalized spacial score (nSPS) is 14.2. The van der Waals surface area contributed by atoms with Crippen LogP contribution in [-0.4, -0.2) is 19.0 Å². The number of halogens is 1. The molecule has 4 aromatic carbocycles. The van der Waals surface area contributed by atoms with Crippen molar-refractivity contribution in [2.75, 3.05) is 7.11 Å². The standard InChI is InChI=1S/C28H20FNO4/c1-32-25-12-6-10-20(26(25)33-17-22-9-4-5-11-23(22)29)16-24-28(31)34-27(30-24)21-14-13-18-7-2-3-8-19(18)15-21/h2-16H,17H2,1H3/b24-16-. The summed E-state index contributed by atoms with van der Waals surface area (Å²) >= 11 is 0. The number of benzene rings is 4. The number of esters is 1. The van der Waals surface area contributed by atoms with Crippen LogP contribution in [0.5, 0.6) is 11.5 Å². The van der Waals surface area contributed by atoms with Gasteiger partial charge < -0.3 is 14.2 Å². The van der Waals surface area contributed by atoms with Gasteiger partial charge in [0.2, 0.25) is 5.90 Å². The molecule has 0 atom stereocenters. The van der Waals surface area contributed by atoms with E-state index in [0.717, 1.165) is 10.8 Å². The van der Waals surface area contributed by atoms with Crippen LogP contribution >= 0.6 is 0 Å². The molecule has 0 saturated heterocycles.